The van der Waals surface area contributed by atoms with Gasteiger partial charge in [-0.25, -0.2) is 14.4 Å². The summed E-state index contributed by atoms with van der Waals surface area (Å²) in [6.07, 6.45) is 3.88. The minimum atomic E-state index is -0.846. The molecule has 3 aromatic heterocycles. The van der Waals surface area contributed by atoms with Crippen molar-refractivity contribution in [3.05, 3.63) is 35.7 Å². The molecule has 1 fully saturated rings. The number of methoxy groups -OCH3 is 1. The summed E-state index contributed by atoms with van der Waals surface area (Å²) in [6, 6.07) is 2.88. The molecule has 0 amide bonds. The van der Waals surface area contributed by atoms with Crippen LogP contribution in [0.1, 0.15) is 44.1 Å². The van der Waals surface area contributed by atoms with E-state index in [4.69, 9.17) is 15.5 Å². The molecular formula is C23H29FN8O2. The van der Waals surface area contributed by atoms with Crippen LogP contribution in [0.3, 0.4) is 0 Å². The second-order valence-electron chi connectivity index (χ2n) is 9.57. The highest BCUT2D eigenvalue weighted by Crippen LogP contribution is 2.32. The fourth-order valence-corrected chi connectivity index (χ4v) is 4.68. The van der Waals surface area contributed by atoms with Gasteiger partial charge in [0.2, 0.25) is 5.95 Å². The molecule has 4 aromatic rings. The van der Waals surface area contributed by atoms with Gasteiger partial charge in [-0.05, 0) is 39.7 Å². The van der Waals surface area contributed by atoms with Gasteiger partial charge >= 0.3 is 0 Å². The van der Waals surface area contributed by atoms with Gasteiger partial charge in [0, 0.05) is 36.7 Å². The number of anilines is 2. The maximum atomic E-state index is 14.4. The zero-order valence-electron chi connectivity index (χ0n) is 19.8. The highest BCUT2D eigenvalue weighted by molar-refractivity contribution is 5.93. The van der Waals surface area contributed by atoms with Crippen molar-refractivity contribution in [3.8, 4) is 5.75 Å². The Morgan fingerprint density at radius 1 is 1.26 bits per heavy atom. The van der Waals surface area contributed by atoms with Crippen LogP contribution in [0.5, 0.6) is 5.75 Å². The molecule has 34 heavy (non-hydrogen) atoms. The Hall–Kier alpha value is -3.47. The zero-order valence-corrected chi connectivity index (χ0v) is 19.8. The molecule has 0 saturated carbocycles. The molecule has 1 aromatic carbocycles. The summed E-state index contributed by atoms with van der Waals surface area (Å²) in [6.45, 7) is 7.55. The summed E-state index contributed by atoms with van der Waals surface area (Å²) >= 11 is 0. The highest BCUT2D eigenvalue weighted by atomic mass is 19.1. The van der Waals surface area contributed by atoms with Crippen molar-refractivity contribution in [2.24, 2.45) is 0 Å². The van der Waals surface area contributed by atoms with Gasteiger partial charge in [0.05, 0.1) is 36.2 Å². The quantitative estimate of drug-likeness (QED) is 0.459. The maximum absolute atomic E-state index is 14.4. The van der Waals surface area contributed by atoms with E-state index in [0.29, 0.717) is 28.9 Å². The SMILES string of the molecule is COc1cc2nc(N)n3nc(C4CCCN(c5cn(CC(C)(C)O)nc5C)C4)nc3c2cc1F. The molecule has 1 unspecified atom stereocenters. The molecule has 0 spiro atoms. The van der Waals surface area contributed by atoms with E-state index in [1.807, 2.05) is 13.1 Å². The first-order chi connectivity index (χ1) is 16.1. The van der Waals surface area contributed by atoms with Crippen molar-refractivity contribution in [2.45, 2.75) is 51.7 Å². The second kappa shape index (κ2) is 8.08. The Morgan fingerprint density at radius 2 is 2.06 bits per heavy atom. The molecule has 10 nitrogen and oxygen atoms in total. The minimum absolute atomic E-state index is 0.0724. The summed E-state index contributed by atoms with van der Waals surface area (Å²) in [5.41, 5.74) is 8.25. The van der Waals surface area contributed by atoms with Crippen molar-refractivity contribution < 1.29 is 14.2 Å². The molecule has 1 aliphatic heterocycles. The van der Waals surface area contributed by atoms with E-state index in [2.05, 4.69) is 20.1 Å². The number of hydrogen-bond donors (Lipinski definition) is 2. The smallest absolute Gasteiger partial charge is 0.223 e. The topological polar surface area (TPSA) is 120 Å². The molecule has 1 aliphatic rings. The van der Waals surface area contributed by atoms with E-state index in [1.165, 1.54) is 23.8 Å². The van der Waals surface area contributed by atoms with Gasteiger partial charge in [-0.2, -0.15) is 9.61 Å². The number of aromatic nitrogens is 6. The number of ether oxygens (including phenoxy) is 1. The first kappa shape index (κ1) is 22.3. The van der Waals surface area contributed by atoms with Crippen LogP contribution in [0.25, 0.3) is 16.6 Å². The monoisotopic (exact) mass is 468 g/mol. The van der Waals surface area contributed by atoms with Crippen LogP contribution in [-0.4, -0.2) is 60.3 Å². The first-order valence-corrected chi connectivity index (χ1v) is 11.3. The van der Waals surface area contributed by atoms with Crippen molar-refractivity contribution in [2.75, 3.05) is 30.8 Å². The number of aliphatic hydroxyl groups is 1. The number of benzene rings is 1. The van der Waals surface area contributed by atoms with E-state index < -0.39 is 11.4 Å². The summed E-state index contributed by atoms with van der Waals surface area (Å²) in [5.74, 6) is 0.528. The van der Waals surface area contributed by atoms with Crippen LogP contribution in [0.4, 0.5) is 16.0 Å². The van der Waals surface area contributed by atoms with Crippen LogP contribution >= 0.6 is 0 Å². The number of fused-ring (bicyclic) bond motifs is 3. The van der Waals surface area contributed by atoms with Crippen LogP contribution < -0.4 is 15.4 Å². The fourth-order valence-electron chi connectivity index (χ4n) is 4.68. The molecule has 11 heteroatoms. The Kier molecular flexibility index (Phi) is 5.31. The molecule has 0 bridgehead atoms. The van der Waals surface area contributed by atoms with E-state index in [9.17, 15) is 9.50 Å². The fraction of sp³-hybridized carbons (Fsp3) is 0.478. The number of hydrogen-bond acceptors (Lipinski definition) is 8. The number of nitrogens with zero attached hydrogens (tertiary/aromatic N) is 7. The Balaban J connectivity index is 1.48. The van der Waals surface area contributed by atoms with Crippen LogP contribution in [0.2, 0.25) is 0 Å². The predicted molar refractivity (Wildman–Crippen MR) is 127 cm³/mol. The molecule has 4 heterocycles. The Bertz CT molecular complexity index is 1370. The molecule has 1 saturated heterocycles. The largest absolute Gasteiger partial charge is 0.494 e. The lowest BCUT2D eigenvalue weighted by molar-refractivity contribution is 0.0577. The molecule has 3 N–H and O–H groups in total. The standard InChI is InChI=1S/C23H29FN8O2/c1-13-18(11-31(28-13)12-23(2,3)33)30-7-5-6-14(10-30)20-27-21-15-8-16(24)19(34-4)9-17(15)26-22(25)32(21)29-20/h8-9,11,14,33H,5-7,10,12H2,1-4H3,(H2,25,26). The molecule has 1 atom stereocenters. The molecule has 5 rings (SSSR count). The van der Waals surface area contributed by atoms with Gasteiger partial charge in [-0.15, -0.1) is 5.10 Å². The van der Waals surface area contributed by atoms with E-state index in [0.717, 1.165) is 37.3 Å². The van der Waals surface area contributed by atoms with Crippen LogP contribution in [0, 0.1) is 12.7 Å². The lowest BCUT2D eigenvalue weighted by atomic mass is 9.97. The lowest BCUT2D eigenvalue weighted by Crippen LogP contribution is -2.35. The van der Waals surface area contributed by atoms with Crippen molar-refractivity contribution in [1.29, 1.82) is 0 Å². The van der Waals surface area contributed by atoms with Crippen LogP contribution in [0.15, 0.2) is 18.3 Å². The number of aryl methyl sites for hydroxylation is 1. The molecule has 0 radical (unpaired) electrons. The summed E-state index contributed by atoms with van der Waals surface area (Å²) in [5, 5.41) is 19.9. The molecule has 180 valence electrons. The zero-order chi connectivity index (χ0) is 24.2. The number of halogens is 1. The van der Waals surface area contributed by atoms with E-state index >= 15 is 0 Å². The normalized spacial score (nSPS) is 17.1. The first-order valence-electron chi connectivity index (χ1n) is 11.3. The summed E-state index contributed by atoms with van der Waals surface area (Å²) < 4.78 is 22.8. The third-order valence-electron chi connectivity index (χ3n) is 6.18. The minimum Gasteiger partial charge on any atom is -0.494 e. The van der Waals surface area contributed by atoms with Crippen LogP contribution in [-0.2, 0) is 6.54 Å². The third kappa shape index (κ3) is 4.00. The van der Waals surface area contributed by atoms with E-state index in [1.54, 1.807) is 18.5 Å². The summed E-state index contributed by atoms with van der Waals surface area (Å²) in [7, 11) is 1.41. The van der Waals surface area contributed by atoms with Gasteiger partial charge < -0.3 is 20.5 Å². The Morgan fingerprint density at radius 3 is 2.79 bits per heavy atom. The third-order valence-corrected chi connectivity index (χ3v) is 6.18. The average Bonchev–Trinajstić information content (AvgIpc) is 3.37. The van der Waals surface area contributed by atoms with Gasteiger partial charge in [-0.3, -0.25) is 4.68 Å². The molecular weight excluding hydrogens is 439 g/mol. The number of rotatable bonds is 5. The van der Waals surface area contributed by atoms with Gasteiger partial charge in [0.1, 0.15) is 0 Å². The van der Waals surface area contributed by atoms with Crippen molar-refractivity contribution >= 4 is 28.2 Å². The van der Waals surface area contributed by atoms with Gasteiger partial charge in [0.15, 0.2) is 23.0 Å². The van der Waals surface area contributed by atoms with E-state index in [-0.39, 0.29) is 17.6 Å². The number of nitrogen functional groups attached to an aromatic ring is 1. The maximum Gasteiger partial charge on any atom is 0.223 e. The van der Waals surface area contributed by atoms with Crippen molar-refractivity contribution in [1.82, 2.24) is 29.4 Å². The highest BCUT2D eigenvalue weighted by Gasteiger charge is 2.28. The van der Waals surface area contributed by atoms with Gasteiger partial charge in [-0.1, -0.05) is 0 Å². The predicted octanol–water partition coefficient (Wildman–Crippen LogP) is 2.67. The summed E-state index contributed by atoms with van der Waals surface area (Å²) in [4.78, 5) is 11.4. The second-order valence-corrected chi connectivity index (χ2v) is 9.57. The number of piperidine rings is 1. The average molecular weight is 469 g/mol. The van der Waals surface area contributed by atoms with Gasteiger partial charge in [0.25, 0.3) is 0 Å². The number of nitrogens with two attached hydrogens (primary N) is 1. The van der Waals surface area contributed by atoms with Crippen molar-refractivity contribution in [3.63, 3.8) is 0 Å². The Labute approximate surface area is 196 Å². The lowest BCUT2D eigenvalue weighted by Gasteiger charge is -2.32. The molecule has 0 aliphatic carbocycles.